The smallest absolute Gasteiger partial charge is 0.321 e. The zero-order valence-electron chi connectivity index (χ0n) is 13.2. The van der Waals surface area contributed by atoms with Gasteiger partial charge in [0.25, 0.3) is 0 Å². The molecule has 2 amide bonds. The van der Waals surface area contributed by atoms with Gasteiger partial charge in [-0.2, -0.15) is 5.10 Å². The standard InChI is InChI=1S/C16H20N4O3/c1-10-13-6-5-12(8-14(13)19(2)18-10)17-16(23)20-7-3-4-11(9-20)15(21)22/h5-6,8,11H,3-4,7,9H2,1-2H3,(H,17,23)(H,21,22). The molecule has 0 aliphatic carbocycles. The number of anilines is 1. The van der Waals surface area contributed by atoms with E-state index in [0.29, 0.717) is 25.1 Å². The number of aliphatic carboxylic acids is 1. The van der Waals surface area contributed by atoms with Crippen molar-refractivity contribution in [1.29, 1.82) is 0 Å². The first kappa shape index (κ1) is 15.3. The molecule has 0 saturated carbocycles. The Morgan fingerprint density at radius 1 is 1.39 bits per heavy atom. The second-order valence-corrected chi connectivity index (χ2v) is 5.99. The Morgan fingerprint density at radius 3 is 2.91 bits per heavy atom. The molecular weight excluding hydrogens is 296 g/mol. The number of aryl methyl sites for hydroxylation is 2. The van der Waals surface area contributed by atoms with E-state index in [1.807, 2.05) is 32.2 Å². The summed E-state index contributed by atoms with van der Waals surface area (Å²) in [4.78, 5) is 25.0. The molecule has 1 atom stereocenters. The number of likely N-dealkylation sites (tertiary alicyclic amines) is 1. The largest absolute Gasteiger partial charge is 0.481 e. The third-order valence-corrected chi connectivity index (χ3v) is 4.35. The molecule has 0 bridgehead atoms. The molecule has 1 aliphatic heterocycles. The Morgan fingerprint density at radius 2 is 2.17 bits per heavy atom. The van der Waals surface area contributed by atoms with Gasteiger partial charge >= 0.3 is 12.0 Å². The van der Waals surface area contributed by atoms with Crippen LogP contribution in [0.4, 0.5) is 10.5 Å². The molecule has 7 nitrogen and oxygen atoms in total. The number of nitrogens with one attached hydrogen (secondary N) is 1. The minimum atomic E-state index is -0.839. The molecule has 2 aromatic rings. The van der Waals surface area contributed by atoms with Crippen molar-refractivity contribution in [2.45, 2.75) is 19.8 Å². The monoisotopic (exact) mass is 316 g/mol. The van der Waals surface area contributed by atoms with Crippen molar-refractivity contribution in [2.24, 2.45) is 13.0 Å². The molecule has 0 spiro atoms. The third kappa shape index (κ3) is 2.99. The maximum absolute atomic E-state index is 12.4. The molecule has 122 valence electrons. The fourth-order valence-corrected chi connectivity index (χ4v) is 3.08. The van der Waals surface area contributed by atoms with Crippen LogP contribution in [0.5, 0.6) is 0 Å². The molecule has 23 heavy (non-hydrogen) atoms. The van der Waals surface area contributed by atoms with Gasteiger partial charge in [0.15, 0.2) is 0 Å². The minimum Gasteiger partial charge on any atom is -0.481 e. The van der Waals surface area contributed by atoms with E-state index < -0.39 is 11.9 Å². The highest BCUT2D eigenvalue weighted by molar-refractivity contribution is 5.93. The van der Waals surface area contributed by atoms with Crippen LogP contribution < -0.4 is 5.32 Å². The van der Waals surface area contributed by atoms with E-state index >= 15 is 0 Å². The van der Waals surface area contributed by atoms with E-state index in [4.69, 9.17) is 5.11 Å². The van der Waals surface area contributed by atoms with E-state index in [1.165, 1.54) is 0 Å². The lowest BCUT2D eigenvalue weighted by Crippen LogP contribution is -2.44. The first-order valence-corrected chi connectivity index (χ1v) is 7.68. The number of piperidine rings is 1. The molecular formula is C16H20N4O3. The van der Waals surface area contributed by atoms with E-state index in [1.54, 1.807) is 9.58 Å². The Labute approximate surface area is 133 Å². The Bertz CT molecular complexity index is 768. The van der Waals surface area contributed by atoms with Crippen LogP contribution in [0.1, 0.15) is 18.5 Å². The highest BCUT2D eigenvalue weighted by Crippen LogP contribution is 2.23. The van der Waals surface area contributed by atoms with E-state index in [0.717, 1.165) is 16.6 Å². The highest BCUT2D eigenvalue weighted by Gasteiger charge is 2.28. The van der Waals surface area contributed by atoms with Crippen LogP contribution in [0.2, 0.25) is 0 Å². The van der Waals surface area contributed by atoms with E-state index in [9.17, 15) is 9.59 Å². The summed E-state index contributed by atoms with van der Waals surface area (Å²) in [5, 5.41) is 17.4. The predicted molar refractivity (Wildman–Crippen MR) is 86.4 cm³/mol. The molecule has 7 heteroatoms. The number of nitrogens with zero attached hydrogens (tertiary/aromatic N) is 3. The predicted octanol–water partition coefficient (Wildman–Crippen LogP) is 2.21. The number of hydrogen-bond acceptors (Lipinski definition) is 3. The summed E-state index contributed by atoms with van der Waals surface area (Å²) in [7, 11) is 1.86. The van der Waals surface area contributed by atoms with Crippen molar-refractivity contribution in [3.63, 3.8) is 0 Å². The van der Waals surface area contributed by atoms with Crippen molar-refractivity contribution in [2.75, 3.05) is 18.4 Å². The number of carboxylic acid groups (broad SMARTS) is 1. The molecule has 1 fully saturated rings. The number of carbonyl (C=O) groups excluding carboxylic acids is 1. The fourth-order valence-electron chi connectivity index (χ4n) is 3.08. The van der Waals surface area contributed by atoms with E-state index in [2.05, 4.69) is 10.4 Å². The number of benzene rings is 1. The van der Waals surface area contributed by atoms with Gasteiger partial charge < -0.3 is 15.3 Å². The van der Waals surface area contributed by atoms with Gasteiger partial charge in [-0.3, -0.25) is 9.48 Å². The van der Waals surface area contributed by atoms with Gasteiger partial charge in [0, 0.05) is 31.2 Å². The Kier molecular flexibility index (Phi) is 3.94. The normalized spacial score (nSPS) is 18.2. The maximum Gasteiger partial charge on any atom is 0.321 e. The molecule has 3 rings (SSSR count). The van der Waals surface area contributed by atoms with Gasteiger partial charge in [0.05, 0.1) is 17.1 Å². The summed E-state index contributed by atoms with van der Waals surface area (Å²) in [6.07, 6.45) is 1.34. The quantitative estimate of drug-likeness (QED) is 0.889. The number of carbonyl (C=O) groups is 2. The molecule has 1 aliphatic rings. The molecule has 1 unspecified atom stereocenters. The number of urea groups is 1. The summed E-state index contributed by atoms with van der Waals surface area (Å²) >= 11 is 0. The van der Waals surface area contributed by atoms with Crippen molar-refractivity contribution >= 4 is 28.6 Å². The number of rotatable bonds is 2. The molecule has 2 N–H and O–H groups in total. The summed E-state index contributed by atoms with van der Waals surface area (Å²) in [6, 6.07) is 5.40. The molecule has 1 aromatic heterocycles. The van der Waals surface area contributed by atoms with Crippen molar-refractivity contribution in [1.82, 2.24) is 14.7 Å². The zero-order valence-corrected chi connectivity index (χ0v) is 13.2. The van der Waals surface area contributed by atoms with Gasteiger partial charge in [-0.25, -0.2) is 4.79 Å². The van der Waals surface area contributed by atoms with Gasteiger partial charge in [0.2, 0.25) is 0 Å². The number of carboxylic acids is 1. The third-order valence-electron chi connectivity index (χ3n) is 4.35. The number of amides is 2. The molecule has 1 aromatic carbocycles. The van der Waals surface area contributed by atoms with Crippen LogP contribution in [0.25, 0.3) is 10.9 Å². The zero-order chi connectivity index (χ0) is 16.6. The maximum atomic E-state index is 12.4. The molecule has 2 heterocycles. The summed E-state index contributed by atoms with van der Waals surface area (Å²) in [6.45, 7) is 2.79. The van der Waals surface area contributed by atoms with Crippen molar-refractivity contribution in [3.8, 4) is 0 Å². The average Bonchev–Trinajstić information content (AvgIpc) is 2.81. The highest BCUT2D eigenvalue weighted by atomic mass is 16.4. The average molecular weight is 316 g/mol. The lowest BCUT2D eigenvalue weighted by molar-refractivity contribution is -0.143. The number of fused-ring (bicyclic) bond motifs is 1. The van der Waals surface area contributed by atoms with Crippen LogP contribution in [0, 0.1) is 12.8 Å². The number of aromatic nitrogens is 2. The summed E-state index contributed by atoms with van der Waals surface area (Å²) in [5.41, 5.74) is 2.58. The molecule has 1 saturated heterocycles. The topological polar surface area (TPSA) is 87.5 Å². The fraction of sp³-hybridized carbons (Fsp3) is 0.438. The number of hydrogen-bond donors (Lipinski definition) is 2. The van der Waals surface area contributed by atoms with Crippen LogP contribution in [-0.2, 0) is 11.8 Å². The van der Waals surface area contributed by atoms with Gasteiger partial charge in [-0.05, 0) is 38.0 Å². The van der Waals surface area contributed by atoms with Crippen molar-refractivity contribution < 1.29 is 14.7 Å². The Hall–Kier alpha value is -2.57. The summed E-state index contributed by atoms with van der Waals surface area (Å²) in [5.74, 6) is -1.31. The second kappa shape index (κ2) is 5.91. The van der Waals surface area contributed by atoms with Gasteiger partial charge in [-0.1, -0.05) is 0 Å². The summed E-state index contributed by atoms with van der Waals surface area (Å²) < 4.78 is 1.78. The van der Waals surface area contributed by atoms with Crippen LogP contribution in [0.15, 0.2) is 18.2 Å². The molecule has 0 radical (unpaired) electrons. The van der Waals surface area contributed by atoms with Gasteiger partial charge in [0.1, 0.15) is 0 Å². The van der Waals surface area contributed by atoms with Crippen LogP contribution >= 0.6 is 0 Å². The van der Waals surface area contributed by atoms with Crippen molar-refractivity contribution in [3.05, 3.63) is 23.9 Å². The lowest BCUT2D eigenvalue weighted by atomic mass is 9.99. The minimum absolute atomic E-state index is 0.255. The van der Waals surface area contributed by atoms with Crippen LogP contribution in [-0.4, -0.2) is 44.9 Å². The lowest BCUT2D eigenvalue weighted by Gasteiger charge is -2.30. The van der Waals surface area contributed by atoms with Gasteiger partial charge in [-0.15, -0.1) is 0 Å². The Balaban J connectivity index is 1.75. The first-order valence-electron chi connectivity index (χ1n) is 7.68. The SMILES string of the molecule is Cc1nn(C)c2cc(NC(=O)N3CCCC(C(=O)O)C3)ccc12. The first-order chi connectivity index (χ1) is 11.0. The van der Waals surface area contributed by atoms with E-state index in [-0.39, 0.29) is 12.6 Å². The second-order valence-electron chi connectivity index (χ2n) is 5.99. The van der Waals surface area contributed by atoms with Crippen LogP contribution in [0.3, 0.4) is 0 Å².